The molecule has 0 amide bonds. The average molecular weight is 421 g/mol. The van der Waals surface area contributed by atoms with E-state index in [1.165, 1.54) is 36.8 Å². The summed E-state index contributed by atoms with van der Waals surface area (Å²) in [4.78, 5) is 12.9. The van der Waals surface area contributed by atoms with Gasteiger partial charge in [-0.2, -0.15) is 0 Å². The Balaban J connectivity index is 1.41. The molecule has 0 radical (unpaired) electrons. The van der Waals surface area contributed by atoms with Gasteiger partial charge < -0.3 is 4.55 Å². The minimum atomic E-state index is -1.13. The lowest BCUT2D eigenvalue weighted by molar-refractivity contribution is -0.117. The van der Waals surface area contributed by atoms with E-state index in [0.29, 0.717) is 17.6 Å². The molecule has 3 fully saturated rings. The summed E-state index contributed by atoms with van der Waals surface area (Å²) in [7, 11) is 0. The monoisotopic (exact) mass is 420 g/mol. The highest BCUT2D eigenvalue weighted by Gasteiger charge is 2.57. The molecule has 3 heteroatoms. The van der Waals surface area contributed by atoms with Gasteiger partial charge >= 0.3 is 0 Å². The van der Waals surface area contributed by atoms with Crippen molar-refractivity contribution in [2.45, 2.75) is 70.1 Å². The van der Waals surface area contributed by atoms with Gasteiger partial charge in [-0.1, -0.05) is 43.4 Å². The molecule has 1 aromatic rings. The Bertz CT molecular complexity index is 941. The molecule has 1 aromatic carbocycles. The van der Waals surface area contributed by atoms with Gasteiger partial charge in [0.2, 0.25) is 0 Å². The zero-order valence-corrected chi connectivity index (χ0v) is 19.0. The Kier molecular flexibility index (Phi) is 5.13. The van der Waals surface area contributed by atoms with Crippen LogP contribution in [-0.2, 0) is 16.0 Å². The van der Waals surface area contributed by atoms with Crippen LogP contribution in [0.4, 0.5) is 0 Å². The Labute approximate surface area is 183 Å². The topological polar surface area (TPSA) is 40.1 Å². The third kappa shape index (κ3) is 3.18. The van der Waals surface area contributed by atoms with Gasteiger partial charge in [0.15, 0.2) is 16.1 Å². The van der Waals surface area contributed by atoms with E-state index in [9.17, 15) is 9.35 Å². The first kappa shape index (κ1) is 20.4. The lowest BCUT2D eigenvalue weighted by Gasteiger charge is -2.57. The molecule has 6 atom stereocenters. The largest absolute Gasteiger partial charge is 0.606 e. The van der Waals surface area contributed by atoms with Crippen LogP contribution in [0, 0.1) is 28.6 Å². The Morgan fingerprint density at radius 1 is 1.00 bits per heavy atom. The van der Waals surface area contributed by atoms with Crippen LogP contribution in [0.5, 0.6) is 0 Å². The molecule has 1 unspecified atom stereocenters. The van der Waals surface area contributed by atoms with Gasteiger partial charge in [-0.15, -0.1) is 0 Å². The van der Waals surface area contributed by atoms with Gasteiger partial charge in [-0.25, -0.2) is 0 Å². The first-order valence-corrected chi connectivity index (χ1v) is 12.8. The third-order valence-electron chi connectivity index (χ3n) is 9.06. The van der Waals surface area contributed by atoms with E-state index in [-0.39, 0.29) is 10.8 Å². The number of benzene rings is 1. The number of carbonyl (C=O) groups is 1. The molecule has 0 aromatic heterocycles. The predicted octanol–water partition coefficient (Wildman–Crippen LogP) is 6.37. The van der Waals surface area contributed by atoms with Crippen LogP contribution >= 0.6 is 0 Å². The van der Waals surface area contributed by atoms with Gasteiger partial charge in [-0.05, 0) is 97.3 Å². The minimum absolute atomic E-state index is 0.195. The number of fused-ring (bicyclic) bond motifs is 5. The van der Waals surface area contributed by atoms with Crippen molar-refractivity contribution in [3.8, 4) is 0 Å². The number of allylic oxidation sites excluding steroid dienone is 2. The standard InChI is InChI=1S/C27H32O2S/c1-26-16-13-25-23(10-8-20-18-21(28)12-15-27(20,25)2)24(26)11-9-19(26)14-17-30(29)22-6-4-3-5-7-22/h3-7,17-18,23-25H,8-13,15-16H2,1-2H3/t14?,23-,24-,25-,26+,27-,30?/m0/s1. The highest BCUT2D eigenvalue weighted by Crippen LogP contribution is 2.66. The summed E-state index contributed by atoms with van der Waals surface area (Å²) in [6.07, 6.45) is 10.9. The molecule has 158 valence electrons. The van der Waals surface area contributed by atoms with Crippen molar-refractivity contribution in [3.05, 3.63) is 58.7 Å². The summed E-state index contributed by atoms with van der Waals surface area (Å²) < 4.78 is 12.7. The second-order valence-corrected chi connectivity index (χ2v) is 11.6. The Hall–Kier alpha value is -1.54. The molecule has 5 rings (SSSR count). The van der Waals surface area contributed by atoms with Crippen molar-refractivity contribution in [2.75, 3.05) is 0 Å². The van der Waals surface area contributed by atoms with Crippen LogP contribution in [0.25, 0.3) is 0 Å². The van der Waals surface area contributed by atoms with Crippen molar-refractivity contribution >= 4 is 17.0 Å². The predicted molar refractivity (Wildman–Crippen MR) is 121 cm³/mol. The van der Waals surface area contributed by atoms with Gasteiger partial charge in [0.05, 0.1) is 0 Å². The maximum absolute atomic E-state index is 12.7. The summed E-state index contributed by atoms with van der Waals surface area (Å²) in [5.41, 5.74) is 6.78. The molecule has 4 aliphatic carbocycles. The fourth-order valence-electron chi connectivity index (χ4n) is 7.36. The molecule has 0 N–H and O–H groups in total. The number of carbonyl (C=O) groups excluding carboxylic acids is 1. The van der Waals surface area contributed by atoms with E-state index in [4.69, 9.17) is 0 Å². The smallest absolute Gasteiger partial charge is 0.165 e. The molecule has 3 saturated carbocycles. The van der Waals surface area contributed by atoms with Crippen LogP contribution in [-0.4, -0.2) is 10.3 Å². The van der Waals surface area contributed by atoms with E-state index >= 15 is 0 Å². The molecule has 0 spiro atoms. The zero-order chi connectivity index (χ0) is 20.9. The van der Waals surface area contributed by atoms with E-state index in [1.807, 2.05) is 36.4 Å². The van der Waals surface area contributed by atoms with Crippen LogP contribution in [0.2, 0.25) is 0 Å². The van der Waals surface area contributed by atoms with E-state index in [0.717, 1.165) is 36.5 Å². The molecule has 30 heavy (non-hydrogen) atoms. The van der Waals surface area contributed by atoms with Crippen molar-refractivity contribution in [1.82, 2.24) is 0 Å². The maximum atomic E-state index is 12.7. The number of ketones is 1. The van der Waals surface area contributed by atoms with Crippen molar-refractivity contribution < 1.29 is 9.35 Å². The minimum Gasteiger partial charge on any atom is -0.606 e. The molecule has 0 saturated heterocycles. The van der Waals surface area contributed by atoms with Crippen LogP contribution < -0.4 is 0 Å². The van der Waals surface area contributed by atoms with E-state index < -0.39 is 11.2 Å². The SMILES string of the molecule is C[C@]12CCC(=O)C=C1CC[C@@H]1[C@@H]2CC[C@]2(C)C(=C=C[S+]([O-])c3ccccc3)CC[C@@H]12. The van der Waals surface area contributed by atoms with Gasteiger partial charge in [0.25, 0.3) is 0 Å². The second kappa shape index (κ2) is 7.55. The first-order chi connectivity index (χ1) is 14.4. The van der Waals surface area contributed by atoms with Gasteiger partial charge in [0.1, 0.15) is 0 Å². The van der Waals surface area contributed by atoms with E-state index in [1.54, 1.807) is 5.41 Å². The van der Waals surface area contributed by atoms with Crippen molar-refractivity contribution in [2.24, 2.45) is 28.6 Å². The number of hydrogen-bond donors (Lipinski definition) is 0. The Morgan fingerprint density at radius 3 is 2.57 bits per heavy atom. The lowest BCUT2D eigenvalue weighted by Crippen LogP contribution is -2.49. The fourth-order valence-corrected chi connectivity index (χ4v) is 8.17. The zero-order valence-electron chi connectivity index (χ0n) is 18.2. The molecule has 2 nitrogen and oxygen atoms in total. The fraction of sp³-hybridized carbons (Fsp3) is 0.556. The summed E-state index contributed by atoms with van der Waals surface area (Å²) in [6, 6.07) is 9.68. The quantitative estimate of drug-likeness (QED) is 0.412. The summed E-state index contributed by atoms with van der Waals surface area (Å²) >= 11 is -1.13. The van der Waals surface area contributed by atoms with Gasteiger partial charge in [0, 0.05) is 17.6 Å². The molecule has 0 heterocycles. The highest BCUT2D eigenvalue weighted by molar-refractivity contribution is 7.94. The number of hydrogen-bond acceptors (Lipinski definition) is 2. The first-order valence-electron chi connectivity index (χ1n) is 11.6. The van der Waals surface area contributed by atoms with Gasteiger partial charge in [-0.3, -0.25) is 4.79 Å². The molecule has 0 bridgehead atoms. The third-order valence-corrected chi connectivity index (χ3v) is 10.1. The summed E-state index contributed by atoms with van der Waals surface area (Å²) in [5, 5.41) is 1.79. The van der Waals surface area contributed by atoms with Crippen LogP contribution in [0.15, 0.2) is 63.6 Å². The molecule has 0 aliphatic heterocycles. The highest BCUT2D eigenvalue weighted by atomic mass is 32.2. The van der Waals surface area contributed by atoms with Crippen LogP contribution in [0.1, 0.15) is 65.2 Å². The van der Waals surface area contributed by atoms with Crippen LogP contribution in [0.3, 0.4) is 0 Å². The normalized spacial score (nSPS) is 38.6. The summed E-state index contributed by atoms with van der Waals surface area (Å²) in [6.45, 7) is 4.89. The maximum Gasteiger partial charge on any atom is 0.165 e. The molecular formula is C27H32O2S. The van der Waals surface area contributed by atoms with Crippen molar-refractivity contribution in [3.63, 3.8) is 0 Å². The average Bonchev–Trinajstić information content (AvgIpc) is 3.09. The lowest BCUT2D eigenvalue weighted by atomic mass is 9.47. The van der Waals surface area contributed by atoms with E-state index in [2.05, 4.69) is 19.6 Å². The Morgan fingerprint density at radius 2 is 1.77 bits per heavy atom. The van der Waals surface area contributed by atoms with Crippen molar-refractivity contribution in [1.29, 1.82) is 0 Å². The second-order valence-electron chi connectivity index (χ2n) is 10.3. The molecule has 4 aliphatic rings. The number of rotatable bonds is 2. The summed E-state index contributed by atoms with van der Waals surface area (Å²) in [5.74, 6) is 2.50. The molecular weight excluding hydrogens is 388 g/mol.